The maximum absolute atomic E-state index is 12.6. The maximum Gasteiger partial charge on any atom is 0.240 e. The first-order chi connectivity index (χ1) is 12.0. The van der Waals surface area contributed by atoms with Crippen molar-refractivity contribution in [3.8, 4) is 5.69 Å². The number of benzene rings is 1. The summed E-state index contributed by atoms with van der Waals surface area (Å²) >= 11 is 1.39. The molecule has 0 radical (unpaired) electrons. The summed E-state index contributed by atoms with van der Waals surface area (Å²) in [6.45, 7) is 2.12. The van der Waals surface area contributed by atoms with Crippen LogP contribution in [0.4, 0.5) is 5.13 Å². The monoisotopic (exact) mass is 377 g/mol. The summed E-state index contributed by atoms with van der Waals surface area (Å²) in [6, 6.07) is 7.04. The Bertz CT molecular complexity index is 949. The number of hydrogen-bond donors (Lipinski definition) is 2. The smallest absolute Gasteiger partial charge is 0.240 e. The van der Waals surface area contributed by atoms with E-state index in [1.165, 1.54) is 11.3 Å². The van der Waals surface area contributed by atoms with Crippen LogP contribution in [0.3, 0.4) is 0 Å². The van der Waals surface area contributed by atoms with Crippen LogP contribution < -0.4 is 10.5 Å². The van der Waals surface area contributed by atoms with Crippen LogP contribution in [-0.2, 0) is 16.4 Å². The molecule has 0 fully saturated rings. The lowest BCUT2D eigenvalue weighted by Gasteiger charge is -2.11. The number of sulfonamides is 1. The van der Waals surface area contributed by atoms with Crippen LogP contribution in [0.25, 0.3) is 5.69 Å². The molecule has 0 unspecified atom stereocenters. The molecule has 3 aromatic rings. The van der Waals surface area contributed by atoms with Gasteiger partial charge in [-0.15, -0.1) is 11.3 Å². The zero-order valence-electron chi connectivity index (χ0n) is 13.7. The molecule has 7 nitrogen and oxygen atoms in total. The number of aromatic nitrogens is 3. The van der Waals surface area contributed by atoms with Gasteiger partial charge in [-0.25, -0.2) is 22.8 Å². The van der Waals surface area contributed by atoms with Crippen LogP contribution in [-0.4, -0.2) is 29.7 Å². The lowest BCUT2D eigenvalue weighted by Crippen LogP contribution is -2.26. The van der Waals surface area contributed by atoms with Crippen molar-refractivity contribution in [3.63, 3.8) is 0 Å². The summed E-state index contributed by atoms with van der Waals surface area (Å²) in [4.78, 5) is 4.43. The molecule has 0 amide bonds. The number of nitrogens with one attached hydrogen (secondary N) is 1. The van der Waals surface area contributed by atoms with Gasteiger partial charge in [-0.05, 0) is 43.5 Å². The fraction of sp³-hybridized carbons (Fsp3) is 0.250. The third kappa shape index (κ3) is 4.25. The predicted molar refractivity (Wildman–Crippen MR) is 98.3 cm³/mol. The van der Waals surface area contributed by atoms with Crippen molar-refractivity contribution in [3.05, 3.63) is 53.3 Å². The summed E-state index contributed by atoms with van der Waals surface area (Å²) in [5.74, 6) is 0. The van der Waals surface area contributed by atoms with Crippen LogP contribution in [0.2, 0.25) is 0 Å². The fourth-order valence-electron chi connectivity index (χ4n) is 2.43. The molecule has 1 aromatic carbocycles. The highest BCUT2D eigenvalue weighted by atomic mass is 32.2. The maximum atomic E-state index is 12.6. The summed E-state index contributed by atoms with van der Waals surface area (Å²) in [5.41, 5.74) is 7.87. The first-order valence-corrected chi connectivity index (χ1v) is 10.1. The van der Waals surface area contributed by atoms with Crippen LogP contribution in [0.1, 0.15) is 17.7 Å². The minimum atomic E-state index is -3.59. The summed E-state index contributed by atoms with van der Waals surface area (Å²) in [6.07, 6.45) is 4.76. The molecule has 0 saturated carbocycles. The molecule has 132 valence electrons. The molecule has 0 aliphatic carbocycles. The first-order valence-electron chi connectivity index (χ1n) is 7.76. The summed E-state index contributed by atoms with van der Waals surface area (Å²) < 4.78 is 29.5. The molecule has 0 aliphatic heterocycles. The van der Waals surface area contributed by atoms with Gasteiger partial charge in [0.05, 0.1) is 16.3 Å². The van der Waals surface area contributed by atoms with Crippen molar-refractivity contribution in [1.82, 2.24) is 19.5 Å². The second-order valence-electron chi connectivity index (χ2n) is 5.58. The molecular formula is C16H19N5O2S2. The van der Waals surface area contributed by atoms with E-state index >= 15 is 0 Å². The zero-order chi connectivity index (χ0) is 17.9. The topological polar surface area (TPSA) is 103 Å². The van der Waals surface area contributed by atoms with Crippen molar-refractivity contribution >= 4 is 26.5 Å². The van der Waals surface area contributed by atoms with Crippen LogP contribution in [0.15, 0.2) is 46.9 Å². The number of nitrogens with two attached hydrogens (primary N) is 1. The van der Waals surface area contributed by atoms with Crippen molar-refractivity contribution in [2.75, 3.05) is 12.3 Å². The van der Waals surface area contributed by atoms with Crippen LogP contribution >= 0.6 is 11.3 Å². The van der Waals surface area contributed by atoms with Gasteiger partial charge in [0.1, 0.15) is 0 Å². The van der Waals surface area contributed by atoms with E-state index in [1.807, 2.05) is 11.4 Å². The number of nitrogen functional groups attached to an aromatic ring is 1. The number of hydrogen-bond acceptors (Lipinski definition) is 6. The summed E-state index contributed by atoms with van der Waals surface area (Å²) in [5, 5.41) is 6.56. The Balaban J connectivity index is 1.68. The average molecular weight is 377 g/mol. The van der Waals surface area contributed by atoms with Crippen molar-refractivity contribution in [2.45, 2.75) is 24.7 Å². The number of aryl methyl sites for hydroxylation is 2. The van der Waals surface area contributed by atoms with E-state index in [2.05, 4.69) is 14.8 Å². The minimum Gasteiger partial charge on any atom is -0.375 e. The highest BCUT2D eigenvalue weighted by molar-refractivity contribution is 7.89. The van der Waals surface area contributed by atoms with Gasteiger partial charge in [-0.3, -0.25) is 0 Å². The Morgan fingerprint density at radius 3 is 2.88 bits per heavy atom. The Morgan fingerprint density at radius 2 is 2.20 bits per heavy atom. The van der Waals surface area contributed by atoms with Gasteiger partial charge in [-0.2, -0.15) is 5.10 Å². The van der Waals surface area contributed by atoms with Crippen LogP contribution in [0, 0.1) is 6.92 Å². The molecule has 0 atom stereocenters. The van der Waals surface area contributed by atoms with E-state index in [-0.39, 0.29) is 4.90 Å². The molecular weight excluding hydrogens is 358 g/mol. The molecule has 0 bridgehead atoms. The highest BCUT2D eigenvalue weighted by Crippen LogP contribution is 2.19. The fourth-order valence-corrected chi connectivity index (χ4v) is 4.37. The number of anilines is 1. The van der Waals surface area contributed by atoms with Gasteiger partial charge < -0.3 is 5.73 Å². The summed E-state index contributed by atoms with van der Waals surface area (Å²) in [7, 11) is -3.59. The van der Waals surface area contributed by atoms with E-state index in [1.54, 1.807) is 42.2 Å². The number of rotatable bonds is 7. The largest absolute Gasteiger partial charge is 0.375 e. The Morgan fingerprint density at radius 1 is 1.36 bits per heavy atom. The third-order valence-corrected chi connectivity index (χ3v) is 6.03. The highest BCUT2D eigenvalue weighted by Gasteiger charge is 2.17. The Labute approximate surface area is 150 Å². The first kappa shape index (κ1) is 17.6. The van der Waals surface area contributed by atoms with Gasteiger partial charge in [0.2, 0.25) is 10.0 Å². The molecule has 2 aromatic heterocycles. The molecule has 0 saturated heterocycles. The third-order valence-electron chi connectivity index (χ3n) is 3.70. The van der Waals surface area contributed by atoms with Crippen LogP contribution in [0.5, 0.6) is 0 Å². The van der Waals surface area contributed by atoms with E-state index < -0.39 is 10.0 Å². The Kier molecular flexibility index (Phi) is 5.16. The molecule has 2 heterocycles. The van der Waals surface area contributed by atoms with Gasteiger partial charge in [0, 0.05) is 24.3 Å². The van der Waals surface area contributed by atoms with Crippen molar-refractivity contribution in [2.24, 2.45) is 0 Å². The van der Waals surface area contributed by atoms with Crippen molar-refractivity contribution < 1.29 is 8.42 Å². The predicted octanol–water partition coefficient (Wildman–Crippen LogP) is 2.13. The molecule has 0 spiro atoms. The minimum absolute atomic E-state index is 0.262. The quantitative estimate of drug-likeness (QED) is 0.614. The average Bonchev–Trinajstić information content (AvgIpc) is 3.24. The molecule has 3 N–H and O–H groups in total. The number of nitrogens with zero attached hydrogens (tertiary/aromatic N) is 3. The molecule has 9 heteroatoms. The molecule has 3 rings (SSSR count). The normalized spacial score (nSPS) is 11.7. The van der Waals surface area contributed by atoms with E-state index in [9.17, 15) is 8.42 Å². The van der Waals surface area contributed by atoms with Gasteiger partial charge in [-0.1, -0.05) is 6.07 Å². The molecule has 0 aliphatic rings. The number of thiazole rings is 1. The Hall–Kier alpha value is -2.23. The van der Waals surface area contributed by atoms with Gasteiger partial charge in [0.15, 0.2) is 5.13 Å². The SMILES string of the molecule is Cc1ccc(-n2cccn2)cc1S(=O)(=O)NCCCc1csc(N)n1. The lowest BCUT2D eigenvalue weighted by molar-refractivity contribution is 0.578. The second-order valence-corrected chi connectivity index (χ2v) is 8.20. The lowest BCUT2D eigenvalue weighted by atomic mass is 10.2. The van der Waals surface area contributed by atoms with Crippen molar-refractivity contribution in [1.29, 1.82) is 0 Å². The molecule has 25 heavy (non-hydrogen) atoms. The van der Waals surface area contributed by atoms with Gasteiger partial charge in [0.25, 0.3) is 0 Å². The van der Waals surface area contributed by atoms with E-state index in [0.29, 0.717) is 35.8 Å². The zero-order valence-corrected chi connectivity index (χ0v) is 15.3. The van der Waals surface area contributed by atoms with E-state index in [4.69, 9.17) is 5.73 Å². The standard InChI is InChI=1S/C16H19N5O2S2/c1-12-5-6-14(21-9-3-7-18-21)10-15(12)25(22,23)19-8-2-4-13-11-24-16(17)20-13/h3,5-7,9-11,19H,2,4,8H2,1H3,(H2,17,20). The van der Waals surface area contributed by atoms with Gasteiger partial charge >= 0.3 is 0 Å². The van der Waals surface area contributed by atoms with E-state index in [0.717, 1.165) is 5.69 Å². The second kappa shape index (κ2) is 7.34.